The Morgan fingerprint density at radius 2 is 2.21 bits per heavy atom. The van der Waals surface area contributed by atoms with Crippen molar-refractivity contribution in [3.8, 4) is 0 Å². The van der Waals surface area contributed by atoms with Gasteiger partial charge in [-0.05, 0) is 25.9 Å². The molecule has 0 unspecified atom stereocenters. The van der Waals surface area contributed by atoms with E-state index in [4.69, 9.17) is 10.5 Å². The third-order valence-corrected chi connectivity index (χ3v) is 2.70. The first-order valence-corrected chi connectivity index (χ1v) is 4.96. The van der Waals surface area contributed by atoms with Crippen LogP contribution in [0.25, 0.3) is 0 Å². The highest BCUT2D eigenvalue weighted by Crippen LogP contribution is 2.17. The lowest BCUT2D eigenvalue weighted by Gasteiger charge is -2.35. The number of nitrogens with two attached hydrogens (primary N) is 1. The van der Waals surface area contributed by atoms with Crippen LogP contribution in [0.2, 0.25) is 0 Å². The van der Waals surface area contributed by atoms with Gasteiger partial charge in [0.2, 0.25) is 5.91 Å². The Kier molecular flexibility index (Phi) is 4.31. The Morgan fingerprint density at radius 3 is 2.71 bits per heavy atom. The number of carbonyl (C=O) groups excluding carboxylic acids is 1. The van der Waals surface area contributed by atoms with Gasteiger partial charge in [0.05, 0.1) is 6.61 Å². The van der Waals surface area contributed by atoms with Gasteiger partial charge in [-0.15, -0.1) is 0 Å². The molecule has 0 atom stereocenters. The van der Waals surface area contributed by atoms with Crippen LogP contribution in [0.15, 0.2) is 0 Å². The highest BCUT2D eigenvalue weighted by molar-refractivity contribution is 5.84. The third kappa shape index (κ3) is 2.67. The highest BCUT2D eigenvalue weighted by atomic mass is 16.5. The molecule has 0 radical (unpaired) electrons. The van der Waals surface area contributed by atoms with Gasteiger partial charge in [0.25, 0.3) is 0 Å². The van der Waals surface area contributed by atoms with E-state index in [1.54, 1.807) is 7.11 Å². The van der Waals surface area contributed by atoms with Gasteiger partial charge in [-0.2, -0.15) is 0 Å². The first-order chi connectivity index (χ1) is 6.71. The third-order valence-electron chi connectivity index (χ3n) is 2.70. The Hall–Kier alpha value is -0.650. The van der Waals surface area contributed by atoms with Gasteiger partial charge in [0, 0.05) is 13.7 Å². The summed E-state index contributed by atoms with van der Waals surface area (Å²) < 4.78 is 4.93. The van der Waals surface area contributed by atoms with Gasteiger partial charge in [-0.25, -0.2) is 0 Å². The normalized spacial score (nSPS) is 20.6. The van der Waals surface area contributed by atoms with E-state index in [-0.39, 0.29) is 5.91 Å². The van der Waals surface area contributed by atoms with E-state index in [0.717, 1.165) is 25.9 Å². The smallest absolute Gasteiger partial charge is 0.237 e. The number of hydrogen-bond acceptors (Lipinski definition) is 4. The molecule has 0 aromatic rings. The minimum absolute atomic E-state index is 0.255. The summed E-state index contributed by atoms with van der Waals surface area (Å²) in [6.07, 6.45) is 1.51. The maximum absolute atomic E-state index is 11.4. The van der Waals surface area contributed by atoms with Crippen LogP contribution in [0.3, 0.4) is 0 Å². The van der Waals surface area contributed by atoms with Gasteiger partial charge in [-0.3, -0.25) is 4.79 Å². The number of rotatable bonds is 5. The molecular weight excluding hydrogens is 182 g/mol. The van der Waals surface area contributed by atoms with Crippen LogP contribution in [0.5, 0.6) is 0 Å². The molecule has 5 nitrogen and oxygen atoms in total. The zero-order valence-corrected chi connectivity index (χ0v) is 8.64. The lowest BCUT2D eigenvalue weighted by Crippen LogP contribution is -2.60. The summed E-state index contributed by atoms with van der Waals surface area (Å²) >= 11 is 0. The van der Waals surface area contributed by atoms with Crippen LogP contribution in [-0.2, 0) is 9.53 Å². The fourth-order valence-electron chi connectivity index (χ4n) is 1.76. The van der Waals surface area contributed by atoms with Crippen LogP contribution in [0.1, 0.15) is 12.8 Å². The number of hydrogen-bond donors (Lipinski definition) is 3. The van der Waals surface area contributed by atoms with Crippen molar-refractivity contribution in [3.05, 3.63) is 0 Å². The summed E-state index contributed by atoms with van der Waals surface area (Å²) in [6, 6.07) is 0. The topological polar surface area (TPSA) is 76.4 Å². The van der Waals surface area contributed by atoms with Crippen LogP contribution in [0.4, 0.5) is 0 Å². The molecule has 1 heterocycles. The molecule has 1 fully saturated rings. The molecular formula is C9H19N3O2. The Bertz CT molecular complexity index is 190. The second-order valence-electron chi connectivity index (χ2n) is 3.62. The summed E-state index contributed by atoms with van der Waals surface area (Å²) in [4.78, 5) is 11.4. The highest BCUT2D eigenvalue weighted by Gasteiger charge is 2.36. The predicted molar refractivity (Wildman–Crippen MR) is 53.9 cm³/mol. The fourth-order valence-corrected chi connectivity index (χ4v) is 1.76. The molecule has 5 heteroatoms. The van der Waals surface area contributed by atoms with Gasteiger partial charge in [0.15, 0.2) is 0 Å². The molecule has 1 rings (SSSR count). The Balaban J connectivity index is 2.47. The number of ether oxygens (including phenoxy) is 1. The number of amides is 1. The lowest BCUT2D eigenvalue weighted by atomic mass is 9.87. The molecule has 1 aliphatic rings. The van der Waals surface area contributed by atoms with Gasteiger partial charge >= 0.3 is 0 Å². The molecule has 0 aromatic carbocycles. The standard InChI is InChI=1S/C9H19N3O2/c1-14-7-6-12-9(8(10)13)2-4-11-5-3-9/h11-12H,2-7H2,1H3,(H2,10,13). The number of methoxy groups -OCH3 is 1. The van der Waals surface area contributed by atoms with E-state index < -0.39 is 5.54 Å². The predicted octanol–water partition coefficient (Wildman–Crippen LogP) is -1.17. The molecule has 1 amide bonds. The van der Waals surface area contributed by atoms with Crippen LogP contribution in [0, 0.1) is 0 Å². The van der Waals surface area contributed by atoms with E-state index >= 15 is 0 Å². The van der Waals surface area contributed by atoms with E-state index in [0.29, 0.717) is 13.2 Å². The zero-order valence-electron chi connectivity index (χ0n) is 8.64. The molecule has 0 aromatic heterocycles. The lowest BCUT2D eigenvalue weighted by molar-refractivity contribution is -0.125. The monoisotopic (exact) mass is 201 g/mol. The van der Waals surface area contributed by atoms with Crippen molar-refractivity contribution >= 4 is 5.91 Å². The Morgan fingerprint density at radius 1 is 1.57 bits per heavy atom. The molecule has 14 heavy (non-hydrogen) atoms. The minimum atomic E-state index is -0.524. The van der Waals surface area contributed by atoms with Crippen molar-refractivity contribution < 1.29 is 9.53 Å². The SMILES string of the molecule is COCCNC1(C(N)=O)CCNCC1. The number of primary amides is 1. The summed E-state index contributed by atoms with van der Waals surface area (Å²) in [5.74, 6) is -0.255. The van der Waals surface area contributed by atoms with E-state index in [1.807, 2.05) is 0 Å². The number of piperidine rings is 1. The molecule has 4 N–H and O–H groups in total. The van der Waals surface area contributed by atoms with Crippen molar-refractivity contribution in [2.75, 3.05) is 33.4 Å². The maximum atomic E-state index is 11.4. The molecule has 0 aliphatic carbocycles. The number of nitrogens with one attached hydrogen (secondary N) is 2. The van der Waals surface area contributed by atoms with Crippen molar-refractivity contribution in [1.29, 1.82) is 0 Å². The molecule has 0 spiro atoms. The molecule has 1 saturated heterocycles. The summed E-state index contributed by atoms with van der Waals surface area (Å²) in [7, 11) is 1.64. The van der Waals surface area contributed by atoms with Crippen molar-refractivity contribution in [2.45, 2.75) is 18.4 Å². The zero-order chi connectivity index (χ0) is 10.4. The van der Waals surface area contributed by atoms with Crippen molar-refractivity contribution in [1.82, 2.24) is 10.6 Å². The van der Waals surface area contributed by atoms with Crippen molar-refractivity contribution in [3.63, 3.8) is 0 Å². The molecule has 0 bridgehead atoms. The van der Waals surface area contributed by atoms with Gasteiger partial charge in [0.1, 0.15) is 5.54 Å². The van der Waals surface area contributed by atoms with Gasteiger partial charge in [-0.1, -0.05) is 0 Å². The Labute approximate surface area is 84.4 Å². The van der Waals surface area contributed by atoms with Crippen LogP contribution < -0.4 is 16.4 Å². The first-order valence-electron chi connectivity index (χ1n) is 4.96. The van der Waals surface area contributed by atoms with Crippen LogP contribution >= 0.6 is 0 Å². The minimum Gasteiger partial charge on any atom is -0.383 e. The average Bonchev–Trinajstić information content (AvgIpc) is 2.19. The molecule has 0 saturated carbocycles. The van der Waals surface area contributed by atoms with E-state index in [2.05, 4.69) is 10.6 Å². The summed E-state index contributed by atoms with van der Waals surface area (Å²) in [5.41, 5.74) is 4.89. The summed E-state index contributed by atoms with van der Waals surface area (Å²) in [5, 5.41) is 6.40. The van der Waals surface area contributed by atoms with Crippen LogP contribution in [-0.4, -0.2) is 44.8 Å². The van der Waals surface area contributed by atoms with Crippen molar-refractivity contribution in [2.24, 2.45) is 5.73 Å². The molecule has 82 valence electrons. The van der Waals surface area contributed by atoms with E-state index in [1.165, 1.54) is 0 Å². The second-order valence-corrected chi connectivity index (χ2v) is 3.62. The second kappa shape index (κ2) is 5.29. The maximum Gasteiger partial charge on any atom is 0.237 e. The van der Waals surface area contributed by atoms with E-state index in [9.17, 15) is 4.79 Å². The number of carbonyl (C=O) groups is 1. The van der Waals surface area contributed by atoms with Gasteiger partial charge < -0.3 is 21.1 Å². The largest absolute Gasteiger partial charge is 0.383 e. The summed E-state index contributed by atoms with van der Waals surface area (Å²) in [6.45, 7) is 2.94. The molecule has 1 aliphatic heterocycles. The fraction of sp³-hybridized carbons (Fsp3) is 0.889. The quantitative estimate of drug-likeness (QED) is 0.490. The first kappa shape index (κ1) is 11.4. The average molecular weight is 201 g/mol.